The molecule has 0 unspecified atom stereocenters. The van der Waals surface area contributed by atoms with E-state index < -0.39 is 40.5 Å². The highest BCUT2D eigenvalue weighted by atomic mass is 35.5. The van der Waals surface area contributed by atoms with Crippen LogP contribution in [0.25, 0.3) is 0 Å². The Bertz CT molecular complexity index is 997. The molecular weight excluding hydrogens is 425 g/mol. The Balaban J connectivity index is 1.49. The third-order valence-electron chi connectivity index (χ3n) is 6.63. The van der Waals surface area contributed by atoms with Crippen LogP contribution in [0.2, 0.25) is 0 Å². The predicted molar refractivity (Wildman–Crippen MR) is 114 cm³/mol. The van der Waals surface area contributed by atoms with E-state index in [1.807, 2.05) is 36.4 Å². The standard InChI is InChI=1S/C25H24ClF3O2/c1-24(2)19(14-21(26)25(27,28)29)22(24)23(30)31-20-13-16(12-15-8-4-3-5-9-15)17-10-6-7-11-18(17)20/h3-11,14,16,19-20,22H,12-13H2,1-2H3/t16-,19-,20-,22-/m0/s1. The van der Waals surface area contributed by atoms with Gasteiger partial charge in [-0.15, -0.1) is 0 Å². The Morgan fingerprint density at radius 3 is 2.35 bits per heavy atom. The van der Waals surface area contributed by atoms with Gasteiger partial charge in [-0.1, -0.05) is 86.1 Å². The SMILES string of the molecule is CC1(C)[C@H](C(=O)O[C@H]2C[C@H](Cc3ccccc3)c3ccccc32)[C@@H]1C=C(Cl)C(F)(F)F. The zero-order chi connectivity index (χ0) is 22.4. The summed E-state index contributed by atoms with van der Waals surface area (Å²) in [5.41, 5.74) is 2.74. The third-order valence-corrected chi connectivity index (χ3v) is 6.97. The summed E-state index contributed by atoms with van der Waals surface area (Å²) in [6.45, 7) is 3.53. The maximum atomic E-state index is 12.9. The Labute approximate surface area is 185 Å². The number of halogens is 4. The fourth-order valence-electron chi connectivity index (χ4n) is 4.80. The van der Waals surface area contributed by atoms with Crippen molar-refractivity contribution in [3.63, 3.8) is 0 Å². The van der Waals surface area contributed by atoms with Crippen molar-refractivity contribution in [2.45, 2.75) is 44.9 Å². The molecule has 0 bridgehead atoms. The smallest absolute Gasteiger partial charge is 0.426 e. The number of carbonyl (C=O) groups is 1. The van der Waals surface area contributed by atoms with Crippen molar-refractivity contribution in [1.82, 2.24) is 0 Å². The average molecular weight is 449 g/mol. The van der Waals surface area contributed by atoms with Crippen LogP contribution in [-0.2, 0) is 16.0 Å². The summed E-state index contributed by atoms with van der Waals surface area (Å²) < 4.78 is 44.3. The Morgan fingerprint density at radius 1 is 1.10 bits per heavy atom. The minimum atomic E-state index is -4.61. The highest BCUT2D eigenvalue weighted by Gasteiger charge is 2.62. The molecule has 2 aromatic carbocycles. The molecule has 0 aromatic heterocycles. The van der Waals surface area contributed by atoms with Crippen LogP contribution in [0.4, 0.5) is 13.2 Å². The van der Waals surface area contributed by atoms with E-state index in [9.17, 15) is 18.0 Å². The lowest BCUT2D eigenvalue weighted by Crippen LogP contribution is -2.14. The van der Waals surface area contributed by atoms with Gasteiger partial charge in [-0.2, -0.15) is 13.2 Å². The fraction of sp³-hybridized carbons (Fsp3) is 0.400. The van der Waals surface area contributed by atoms with Crippen LogP contribution >= 0.6 is 11.6 Å². The molecule has 6 heteroatoms. The van der Waals surface area contributed by atoms with Gasteiger partial charge in [0.1, 0.15) is 11.1 Å². The number of alkyl halides is 3. The fourth-order valence-corrected chi connectivity index (χ4v) is 4.93. The molecule has 0 N–H and O–H groups in total. The number of fused-ring (bicyclic) bond motifs is 1. The number of ether oxygens (including phenoxy) is 1. The molecule has 4 atom stereocenters. The van der Waals surface area contributed by atoms with Gasteiger partial charge in [0.05, 0.1) is 5.92 Å². The number of rotatable bonds is 5. The maximum absolute atomic E-state index is 12.9. The summed E-state index contributed by atoms with van der Waals surface area (Å²) in [7, 11) is 0. The van der Waals surface area contributed by atoms with E-state index in [0.29, 0.717) is 6.42 Å². The molecule has 31 heavy (non-hydrogen) atoms. The molecule has 1 fully saturated rings. The van der Waals surface area contributed by atoms with Gasteiger partial charge in [-0.05, 0) is 46.8 Å². The molecule has 4 rings (SSSR count). The molecule has 2 aliphatic rings. The summed E-state index contributed by atoms with van der Waals surface area (Å²) >= 11 is 5.41. The van der Waals surface area contributed by atoms with Crippen molar-refractivity contribution in [2.24, 2.45) is 17.3 Å². The molecule has 0 heterocycles. The first-order valence-electron chi connectivity index (χ1n) is 10.4. The van der Waals surface area contributed by atoms with E-state index in [1.165, 1.54) is 5.56 Å². The lowest BCUT2D eigenvalue weighted by atomic mass is 9.94. The number of hydrogen-bond donors (Lipinski definition) is 0. The molecule has 2 aromatic rings. The van der Waals surface area contributed by atoms with E-state index in [4.69, 9.17) is 16.3 Å². The van der Waals surface area contributed by atoms with Gasteiger partial charge in [0, 0.05) is 0 Å². The van der Waals surface area contributed by atoms with Crippen LogP contribution in [0.5, 0.6) is 0 Å². The molecule has 0 aliphatic heterocycles. The van der Waals surface area contributed by atoms with E-state index in [0.717, 1.165) is 23.6 Å². The first-order valence-corrected chi connectivity index (χ1v) is 10.7. The molecule has 0 amide bonds. The Hall–Kier alpha value is -2.27. The van der Waals surface area contributed by atoms with Crippen LogP contribution in [0.3, 0.4) is 0 Å². The van der Waals surface area contributed by atoms with Crippen LogP contribution in [0, 0.1) is 17.3 Å². The first-order chi connectivity index (χ1) is 14.6. The van der Waals surface area contributed by atoms with Gasteiger partial charge in [0.25, 0.3) is 0 Å². The highest BCUT2D eigenvalue weighted by molar-refractivity contribution is 6.30. The van der Waals surface area contributed by atoms with E-state index in [-0.39, 0.29) is 5.92 Å². The monoisotopic (exact) mass is 448 g/mol. The summed E-state index contributed by atoms with van der Waals surface area (Å²) in [4.78, 5) is 12.9. The van der Waals surface area contributed by atoms with Gasteiger partial charge in [0.2, 0.25) is 0 Å². The minimum Gasteiger partial charge on any atom is -0.457 e. The van der Waals surface area contributed by atoms with Crippen molar-refractivity contribution in [3.8, 4) is 0 Å². The molecule has 2 nitrogen and oxygen atoms in total. The normalized spacial score (nSPS) is 27.0. The summed E-state index contributed by atoms with van der Waals surface area (Å²) in [5.74, 6) is -1.47. The van der Waals surface area contributed by atoms with E-state index in [2.05, 4.69) is 18.2 Å². The lowest BCUT2D eigenvalue weighted by molar-refractivity contribution is -0.152. The number of carbonyl (C=O) groups excluding carboxylic acids is 1. The summed E-state index contributed by atoms with van der Waals surface area (Å²) in [6.07, 6.45) is -2.54. The molecule has 0 saturated heterocycles. The number of esters is 1. The van der Waals surface area contributed by atoms with Crippen LogP contribution in [0.1, 0.15) is 49.0 Å². The van der Waals surface area contributed by atoms with E-state index >= 15 is 0 Å². The van der Waals surface area contributed by atoms with Crippen LogP contribution in [0.15, 0.2) is 65.7 Å². The van der Waals surface area contributed by atoms with Crippen LogP contribution in [-0.4, -0.2) is 12.1 Å². The first kappa shape index (κ1) is 21.9. The van der Waals surface area contributed by atoms with Gasteiger partial charge < -0.3 is 4.74 Å². The van der Waals surface area contributed by atoms with Crippen LogP contribution < -0.4 is 0 Å². The second-order valence-corrected chi connectivity index (χ2v) is 9.42. The second kappa shape index (κ2) is 8.01. The van der Waals surface area contributed by atoms with Crippen molar-refractivity contribution in [2.75, 3.05) is 0 Å². The van der Waals surface area contributed by atoms with Gasteiger partial charge >= 0.3 is 12.1 Å². The molecule has 0 radical (unpaired) electrons. The van der Waals surface area contributed by atoms with E-state index in [1.54, 1.807) is 13.8 Å². The van der Waals surface area contributed by atoms with Crippen molar-refractivity contribution in [1.29, 1.82) is 0 Å². The average Bonchev–Trinajstić information content (AvgIpc) is 3.08. The molecule has 164 valence electrons. The molecule has 2 aliphatic carbocycles. The van der Waals surface area contributed by atoms with Gasteiger partial charge in [-0.3, -0.25) is 4.79 Å². The van der Waals surface area contributed by atoms with Crippen molar-refractivity contribution >= 4 is 17.6 Å². The Kier molecular flexibility index (Phi) is 5.67. The summed E-state index contributed by atoms with van der Waals surface area (Å²) in [5, 5.41) is -1.19. The topological polar surface area (TPSA) is 26.3 Å². The zero-order valence-electron chi connectivity index (χ0n) is 17.3. The number of allylic oxidation sites excluding steroid dienone is 2. The van der Waals surface area contributed by atoms with Gasteiger partial charge in [-0.25, -0.2) is 0 Å². The van der Waals surface area contributed by atoms with Crippen molar-refractivity contribution in [3.05, 3.63) is 82.4 Å². The Morgan fingerprint density at radius 2 is 1.71 bits per heavy atom. The maximum Gasteiger partial charge on any atom is 0.426 e. The molecule has 0 spiro atoms. The largest absolute Gasteiger partial charge is 0.457 e. The minimum absolute atomic E-state index is 0.221. The lowest BCUT2D eigenvalue weighted by Gasteiger charge is -2.15. The second-order valence-electron chi connectivity index (χ2n) is 9.01. The number of hydrogen-bond acceptors (Lipinski definition) is 2. The highest BCUT2D eigenvalue weighted by Crippen LogP contribution is 2.61. The summed E-state index contributed by atoms with van der Waals surface area (Å²) in [6, 6.07) is 18.1. The van der Waals surface area contributed by atoms with Crippen molar-refractivity contribution < 1.29 is 22.7 Å². The quantitative estimate of drug-likeness (QED) is 0.462. The number of benzene rings is 2. The third kappa shape index (κ3) is 4.38. The van der Waals surface area contributed by atoms with Gasteiger partial charge in [0.15, 0.2) is 0 Å². The molecular formula is C25H24ClF3O2. The predicted octanol–water partition coefficient (Wildman–Crippen LogP) is 6.96. The zero-order valence-corrected chi connectivity index (χ0v) is 18.1. The molecule has 1 saturated carbocycles.